The highest BCUT2D eigenvalue weighted by Gasteiger charge is 2.30. The Morgan fingerprint density at radius 2 is 1.84 bits per heavy atom. The number of benzene rings is 1. The monoisotopic (exact) mass is 290 g/mol. The van der Waals surface area contributed by atoms with Crippen LogP contribution in [0.5, 0.6) is 0 Å². The largest absolute Gasteiger partial charge is 0.416 e. The van der Waals surface area contributed by atoms with Gasteiger partial charge in [-0.1, -0.05) is 17.7 Å². The summed E-state index contributed by atoms with van der Waals surface area (Å²) in [5.74, 6) is 0. The third-order valence-corrected chi connectivity index (χ3v) is 2.54. The van der Waals surface area contributed by atoms with Crippen LogP contribution in [-0.4, -0.2) is 9.55 Å². The van der Waals surface area contributed by atoms with Crippen molar-refractivity contribution in [2.75, 3.05) is 0 Å². The Kier molecular flexibility index (Phi) is 3.23. The lowest BCUT2D eigenvalue weighted by Gasteiger charge is -2.09. The van der Waals surface area contributed by atoms with Crippen LogP contribution in [0.1, 0.15) is 5.56 Å². The average Bonchev–Trinajstić information content (AvgIpc) is 2.26. The van der Waals surface area contributed by atoms with Gasteiger partial charge < -0.3 is 0 Å². The molecule has 0 amide bonds. The lowest BCUT2D eigenvalue weighted by atomic mass is 10.2. The van der Waals surface area contributed by atoms with Crippen molar-refractivity contribution in [3.05, 3.63) is 61.9 Å². The summed E-state index contributed by atoms with van der Waals surface area (Å²) in [7, 11) is 0. The zero-order chi connectivity index (χ0) is 14.2. The van der Waals surface area contributed by atoms with Gasteiger partial charge in [-0.15, -0.1) is 0 Å². The van der Waals surface area contributed by atoms with Crippen LogP contribution in [-0.2, 0) is 6.18 Å². The number of nitrogens with zero attached hydrogens (tertiary/aromatic N) is 1. The zero-order valence-electron chi connectivity index (χ0n) is 9.16. The van der Waals surface area contributed by atoms with E-state index in [2.05, 4.69) is 4.98 Å². The summed E-state index contributed by atoms with van der Waals surface area (Å²) in [6.45, 7) is 0. The number of aromatic nitrogens is 2. The maximum absolute atomic E-state index is 12.6. The first-order valence-corrected chi connectivity index (χ1v) is 5.36. The minimum atomic E-state index is -4.56. The van der Waals surface area contributed by atoms with Crippen molar-refractivity contribution in [1.29, 1.82) is 0 Å². The van der Waals surface area contributed by atoms with Gasteiger partial charge in [0.05, 0.1) is 11.3 Å². The second kappa shape index (κ2) is 4.58. The summed E-state index contributed by atoms with van der Waals surface area (Å²) >= 11 is 5.46. The first-order valence-electron chi connectivity index (χ1n) is 4.98. The van der Waals surface area contributed by atoms with E-state index in [0.29, 0.717) is 10.6 Å². The van der Waals surface area contributed by atoms with E-state index >= 15 is 0 Å². The molecule has 0 aliphatic rings. The normalized spacial score (nSPS) is 11.6. The van der Waals surface area contributed by atoms with E-state index in [1.165, 1.54) is 6.07 Å². The molecule has 0 spiro atoms. The smallest absolute Gasteiger partial charge is 0.297 e. The molecule has 4 nitrogen and oxygen atoms in total. The van der Waals surface area contributed by atoms with Gasteiger partial charge in [-0.3, -0.25) is 9.78 Å². The van der Waals surface area contributed by atoms with Gasteiger partial charge in [0.1, 0.15) is 5.15 Å². The van der Waals surface area contributed by atoms with Gasteiger partial charge in [-0.05, 0) is 18.2 Å². The Balaban J connectivity index is 2.68. The Bertz CT molecular complexity index is 702. The maximum atomic E-state index is 12.6. The number of H-pyrrole nitrogens is 1. The fourth-order valence-electron chi connectivity index (χ4n) is 1.53. The van der Waals surface area contributed by atoms with Crippen LogP contribution in [0.25, 0.3) is 5.69 Å². The molecule has 0 radical (unpaired) electrons. The van der Waals surface area contributed by atoms with Crippen molar-refractivity contribution in [1.82, 2.24) is 9.55 Å². The van der Waals surface area contributed by atoms with Gasteiger partial charge in [0.15, 0.2) is 0 Å². The molecule has 0 unspecified atom stereocenters. The van der Waals surface area contributed by atoms with Crippen molar-refractivity contribution in [2.24, 2.45) is 0 Å². The number of alkyl halides is 3. The van der Waals surface area contributed by atoms with Gasteiger partial charge in [0.2, 0.25) is 0 Å². The molecule has 1 N–H and O–H groups in total. The predicted octanol–water partition coefficient (Wildman–Crippen LogP) is 2.20. The van der Waals surface area contributed by atoms with Crippen LogP contribution in [0.4, 0.5) is 13.2 Å². The summed E-state index contributed by atoms with van der Waals surface area (Å²) in [5.41, 5.74) is -2.85. The third-order valence-electron chi connectivity index (χ3n) is 2.33. The molecule has 1 heterocycles. The highest BCUT2D eigenvalue weighted by molar-refractivity contribution is 6.29. The van der Waals surface area contributed by atoms with E-state index in [4.69, 9.17) is 11.6 Å². The average molecular weight is 291 g/mol. The number of aromatic amines is 1. The second-order valence-corrected chi connectivity index (χ2v) is 4.05. The Labute approximate surface area is 109 Å². The Morgan fingerprint density at radius 1 is 1.16 bits per heavy atom. The molecule has 8 heteroatoms. The predicted molar refractivity (Wildman–Crippen MR) is 62.7 cm³/mol. The van der Waals surface area contributed by atoms with Gasteiger partial charge in [-0.25, -0.2) is 9.36 Å². The Morgan fingerprint density at radius 3 is 2.42 bits per heavy atom. The van der Waals surface area contributed by atoms with Gasteiger partial charge in [0, 0.05) is 6.07 Å². The molecule has 19 heavy (non-hydrogen) atoms. The summed E-state index contributed by atoms with van der Waals surface area (Å²) < 4.78 is 38.2. The molecule has 2 rings (SSSR count). The fourth-order valence-corrected chi connectivity index (χ4v) is 1.71. The van der Waals surface area contributed by atoms with Crippen LogP contribution in [0, 0.1) is 0 Å². The van der Waals surface area contributed by atoms with E-state index in [1.807, 2.05) is 0 Å². The molecule has 0 fully saturated rings. The van der Waals surface area contributed by atoms with E-state index in [1.54, 1.807) is 0 Å². The molecule has 0 aliphatic heterocycles. The minimum Gasteiger partial charge on any atom is -0.297 e. The molecule has 0 aliphatic carbocycles. The fraction of sp³-hybridized carbons (Fsp3) is 0.0909. The first-order chi connectivity index (χ1) is 8.79. The number of hydrogen-bond donors (Lipinski definition) is 1. The van der Waals surface area contributed by atoms with Gasteiger partial charge in [0.25, 0.3) is 5.56 Å². The van der Waals surface area contributed by atoms with Crippen molar-refractivity contribution >= 4 is 11.6 Å². The summed E-state index contributed by atoms with van der Waals surface area (Å²) in [4.78, 5) is 25.3. The van der Waals surface area contributed by atoms with Crippen LogP contribution < -0.4 is 11.2 Å². The van der Waals surface area contributed by atoms with Crippen LogP contribution in [0.3, 0.4) is 0 Å². The molecule has 0 saturated heterocycles. The lowest BCUT2D eigenvalue weighted by Crippen LogP contribution is -2.33. The second-order valence-electron chi connectivity index (χ2n) is 3.64. The lowest BCUT2D eigenvalue weighted by molar-refractivity contribution is -0.137. The molecular formula is C11H6ClF3N2O2. The van der Waals surface area contributed by atoms with Crippen LogP contribution in [0.15, 0.2) is 39.9 Å². The van der Waals surface area contributed by atoms with Gasteiger partial charge in [-0.2, -0.15) is 13.2 Å². The van der Waals surface area contributed by atoms with E-state index in [-0.39, 0.29) is 10.8 Å². The van der Waals surface area contributed by atoms with Crippen molar-refractivity contribution in [3.63, 3.8) is 0 Å². The molecule has 2 aromatic rings. The van der Waals surface area contributed by atoms with E-state index in [0.717, 1.165) is 18.2 Å². The molecule has 1 aromatic carbocycles. The standard InChI is InChI=1S/C11H6ClF3N2O2/c12-8-5-9(18)17(10(19)16-8)7-3-1-2-6(4-7)11(13,14)15/h1-5H,(H,16,19). The number of rotatable bonds is 1. The molecule has 1 aromatic heterocycles. The van der Waals surface area contributed by atoms with Crippen molar-refractivity contribution in [3.8, 4) is 5.69 Å². The SMILES string of the molecule is O=c1cc(Cl)[nH]c(=O)n1-c1cccc(C(F)(F)F)c1. The molecular weight excluding hydrogens is 285 g/mol. The molecule has 100 valence electrons. The third kappa shape index (κ3) is 2.70. The highest BCUT2D eigenvalue weighted by atomic mass is 35.5. The molecule has 0 bridgehead atoms. The number of halogens is 4. The van der Waals surface area contributed by atoms with E-state index in [9.17, 15) is 22.8 Å². The topological polar surface area (TPSA) is 54.9 Å². The summed E-state index contributed by atoms with van der Waals surface area (Å²) in [5, 5.41) is -0.182. The summed E-state index contributed by atoms with van der Waals surface area (Å²) in [6.07, 6.45) is -4.56. The highest BCUT2D eigenvalue weighted by Crippen LogP contribution is 2.29. The van der Waals surface area contributed by atoms with Gasteiger partial charge >= 0.3 is 11.9 Å². The van der Waals surface area contributed by atoms with E-state index < -0.39 is 23.0 Å². The Hall–Kier alpha value is -2.02. The van der Waals surface area contributed by atoms with Crippen LogP contribution >= 0.6 is 11.6 Å². The minimum absolute atomic E-state index is 0.182. The summed E-state index contributed by atoms with van der Waals surface area (Å²) in [6, 6.07) is 4.80. The van der Waals surface area contributed by atoms with Crippen LogP contribution in [0.2, 0.25) is 5.15 Å². The first kappa shape index (κ1) is 13.4. The maximum Gasteiger partial charge on any atom is 0.416 e. The number of nitrogens with one attached hydrogen (secondary N) is 1. The molecule has 0 atom stereocenters. The zero-order valence-corrected chi connectivity index (χ0v) is 9.92. The quantitative estimate of drug-likeness (QED) is 0.819. The number of hydrogen-bond acceptors (Lipinski definition) is 2. The van der Waals surface area contributed by atoms with Crippen molar-refractivity contribution in [2.45, 2.75) is 6.18 Å². The van der Waals surface area contributed by atoms with Crippen molar-refractivity contribution < 1.29 is 13.2 Å². The molecule has 0 saturated carbocycles.